The van der Waals surface area contributed by atoms with Gasteiger partial charge < -0.3 is 10.0 Å². The van der Waals surface area contributed by atoms with Gasteiger partial charge in [-0.2, -0.15) is 0 Å². The lowest BCUT2D eigenvalue weighted by Crippen LogP contribution is -2.27. The zero-order valence-corrected chi connectivity index (χ0v) is 10.1. The quantitative estimate of drug-likeness (QED) is 0.838. The molecule has 2 rings (SSSR count). The van der Waals surface area contributed by atoms with Gasteiger partial charge in [-0.3, -0.25) is 4.79 Å². The van der Waals surface area contributed by atoms with Crippen LogP contribution in [0.4, 0.5) is 5.69 Å². The first-order valence-corrected chi connectivity index (χ1v) is 5.81. The number of amides is 1. The van der Waals surface area contributed by atoms with Gasteiger partial charge in [0.25, 0.3) is 0 Å². The van der Waals surface area contributed by atoms with E-state index in [0.29, 0.717) is 12.2 Å². The standard InChI is InChI=1S/C11H9Cl2NO3/c12-8-5-14(10(15)9(8)13)7-3-1-6(2-4-7)11(16)17/h1-4,8-9H,5H2,(H,16,17). The number of carboxylic acid groups (broad SMARTS) is 1. The number of hydrogen-bond donors (Lipinski definition) is 1. The van der Waals surface area contributed by atoms with Gasteiger partial charge in [0.15, 0.2) is 0 Å². The Morgan fingerprint density at radius 2 is 1.88 bits per heavy atom. The van der Waals surface area contributed by atoms with Crippen molar-refractivity contribution in [3.63, 3.8) is 0 Å². The summed E-state index contributed by atoms with van der Waals surface area (Å²) in [4.78, 5) is 23.9. The second kappa shape index (κ2) is 4.55. The highest BCUT2D eigenvalue weighted by atomic mass is 35.5. The summed E-state index contributed by atoms with van der Waals surface area (Å²) in [6.45, 7) is 0.334. The van der Waals surface area contributed by atoms with Crippen LogP contribution in [0.1, 0.15) is 10.4 Å². The van der Waals surface area contributed by atoms with Crippen molar-refractivity contribution < 1.29 is 14.7 Å². The lowest BCUT2D eigenvalue weighted by atomic mass is 10.2. The fourth-order valence-electron chi connectivity index (χ4n) is 1.68. The molecule has 2 unspecified atom stereocenters. The third-order valence-corrected chi connectivity index (χ3v) is 3.61. The van der Waals surface area contributed by atoms with Gasteiger partial charge in [0.2, 0.25) is 5.91 Å². The predicted octanol–water partition coefficient (Wildman–Crippen LogP) is 1.95. The molecule has 0 radical (unpaired) electrons. The first-order valence-electron chi connectivity index (χ1n) is 4.93. The minimum Gasteiger partial charge on any atom is -0.478 e. The molecule has 1 N–H and O–H groups in total. The molecule has 1 heterocycles. The Hall–Kier alpha value is -1.26. The topological polar surface area (TPSA) is 57.6 Å². The zero-order chi connectivity index (χ0) is 12.6. The monoisotopic (exact) mass is 273 g/mol. The zero-order valence-electron chi connectivity index (χ0n) is 8.64. The van der Waals surface area contributed by atoms with Crippen LogP contribution in [0.2, 0.25) is 0 Å². The number of aromatic carboxylic acids is 1. The SMILES string of the molecule is O=C(O)c1ccc(N2CC(Cl)C(Cl)C2=O)cc1. The lowest BCUT2D eigenvalue weighted by molar-refractivity contribution is -0.116. The summed E-state index contributed by atoms with van der Waals surface area (Å²) in [6.07, 6.45) is 0. The molecular formula is C11H9Cl2NO3. The van der Waals surface area contributed by atoms with Gasteiger partial charge in [-0.05, 0) is 24.3 Å². The summed E-state index contributed by atoms with van der Waals surface area (Å²) in [5.74, 6) is -1.26. The fourth-order valence-corrected chi connectivity index (χ4v) is 2.12. The van der Waals surface area contributed by atoms with Crippen molar-refractivity contribution >= 4 is 40.8 Å². The Morgan fingerprint density at radius 3 is 2.29 bits per heavy atom. The van der Waals surface area contributed by atoms with E-state index in [1.54, 1.807) is 12.1 Å². The maximum absolute atomic E-state index is 11.7. The van der Waals surface area contributed by atoms with E-state index in [2.05, 4.69) is 0 Å². The Labute approximate surface area is 108 Å². The number of halogens is 2. The van der Waals surface area contributed by atoms with Gasteiger partial charge in [-0.1, -0.05) is 0 Å². The van der Waals surface area contributed by atoms with Crippen LogP contribution >= 0.6 is 23.2 Å². The summed E-state index contributed by atoms with van der Waals surface area (Å²) in [6, 6.07) is 6.02. The molecule has 1 aromatic carbocycles. The Bertz CT molecular complexity index is 460. The third-order valence-electron chi connectivity index (χ3n) is 2.60. The smallest absolute Gasteiger partial charge is 0.335 e. The molecule has 0 aromatic heterocycles. The lowest BCUT2D eigenvalue weighted by Gasteiger charge is -2.15. The highest BCUT2D eigenvalue weighted by Gasteiger charge is 2.38. The van der Waals surface area contributed by atoms with Crippen molar-refractivity contribution in [1.82, 2.24) is 0 Å². The minimum atomic E-state index is -1.00. The van der Waals surface area contributed by atoms with E-state index in [1.165, 1.54) is 17.0 Å². The van der Waals surface area contributed by atoms with E-state index in [0.717, 1.165) is 0 Å². The van der Waals surface area contributed by atoms with E-state index in [1.807, 2.05) is 0 Å². The summed E-state index contributed by atoms with van der Waals surface area (Å²) in [5.41, 5.74) is 0.777. The molecule has 1 fully saturated rings. The van der Waals surface area contributed by atoms with Crippen LogP contribution in [-0.2, 0) is 4.79 Å². The summed E-state index contributed by atoms with van der Waals surface area (Å²) in [7, 11) is 0. The van der Waals surface area contributed by atoms with Crippen molar-refractivity contribution in [3.8, 4) is 0 Å². The second-order valence-electron chi connectivity index (χ2n) is 3.72. The minimum absolute atomic E-state index is 0.172. The van der Waals surface area contributed by atoms with Gasteiger partial charge in [0.1, 0.15) is 5.38 Å². The van der Waals surface area contributed by atoms with Crippen LogP contribution in [0.3, 0.4) is 0 Å². The molecule has 0 bridgehead atoms. The van der Waals surface area contributed by atoms with Crippen LogP contribution in [0.25, 0.3) is 0 Å². The Kier molecular flexibility index (Phi) is 3.26. The molecule has 1 aliphatic heterocycles. The number of nitrogens with zero attached hydrogens (tertiary/aromatic N) is 1. The molecule has 0 saturated carbocycles. The first-order chi connectivity index (χ1) is 8.00. The van der Waals surface area contributed by atoms with E-state index >= 15 is 0 Å². The van der Waals surface area contributed by atoms with E-state index in [-0.39, 0.29) is 11.5 Å². The number of rotatable bonds is 2. The predicted molar refractivity (Wildman–Crippen MR) is 65.0 cm³/mol. The number of hydrogen-bond acceptors (Lipinski definition) is 2. The molecule has 1 aliphatic rings. The van der Waals surface area contributed by atoms with Gasteiger partial charge in [-0.25, -0.2) is 4.79 Å². The fraction of sp³-hybridized carbons (Fsp3) is 0.273. The van der Waals surface area contributed by atoms with Crippen LogP contribution in [-0.4, -0.2) is 34.3 Å². The van der Waals surface area contributed by atoms with Gasteiger partial charge in [-0.15, -0.1) is 23.2 Å². The Balaban J connectivity index is 2.24. The van der Waals surface area contributed by atoms with Crippen molar-refractivity contribution in [2.45, 2.75) is 10.8 Å². The van der Waals surface area contributed by atoms with Crippen molar-refractivity contribution in [3.05, 3.63) is 29.8 Å². The average Bonchev–Trinajstić information content (AvgIpc) is 2.57. The molecule has 2 atom stereocenters. The highest BCUT2D eigenvalue weighted by molar-refractivity contribution is 6.40. The maximum atomic E-state index is 11.7. The van der Waals surface area contributed by atoms with Gasteiger partial charge in [0.05, 0.1) is 10.9 Å². The van der Waals surface area contributed by atoms with Gasteiger partial charge >= 0.3 is 5.97 Å². The number of carbonyl (C=O) groups is 2. The van der Waals surface area contributed by atoms with Crippen LogP contribution < -0.4 is 4.90 Å². The largest absolute Gasteiger partial charge is 0.478 e. The Morgan fingerprint density at radius 1 is 1.29 bits per heavy atom. The van der Waals surface area contributed by atoms with Crippen molar-refractivity contribution in [2.24, 2.45) is 0 Å². The van der Waals surface area contributed by atoms with E-state index < -0.39 is 16.7 Å². The van der Waals surface area contributed by atoms with Crippen LogP contribution in [0, 0.1) is 0 Å². The summed E-state index contributed by atoms with van der Waals surface area (Å²) >= 11 is 11.7. The van der Waals surface area contributed by atoms with Crippen molar-refractivity contribution in [1.29, 1.82) is 0 Å². The number of anilines is 1. The first kappa shape index (κ1) is 12.2. The van der Waals surface area contributed by atoms with Crippen LogP contribution in [0.15, 0.2) is 24.3 Å². The molecule has 1 aromatic rings. The van der Waals surface area contributed by atoms with Crippen molar-refractivity contribution in [2.75, 3.05) is 11.4 Å². The summed E-state index contributed by atoms with van der Waals surface area (Å²) in [5, 5.41) is 7.60. The molecule has 0 spiro atoms. The summed E-state index contributed by atoms with van der Waals surface area (Å²) < 4.78 is 0. The normalized spacial score (nSPS) is 24.1. The molecule has 1 saturated heterocycles. The molecule has 90 valence electrons. The third kappa shape index (κ3) is 2.23. The maximum Gasteiger partial charge on any atom is 0.335 e. The van der Waals surface area contributed by atoms with Crippen LogP contribution in [0.5, 0.6) is 0 Å². The number of carbonyl (C=O) groups excluding carboxylic acids is 1. The number of benzene rings is 1. The number of carboxylic acids is 1. The number of alkyl halides is 2. The molecule has 4 nitrogen and oxygen atoms in total. The van der Waals surface area contributed by atoms with E-state index in [4.69, 9.17) is 28.3 Å². The van der Waals surface area contributed by atoms with Gasteiger partial charge in [0, 0.05) is 12.2 Å². The average molecular weight is 274 g/mol. The molecule has 1 amide bonds. The second-order valence-corrected chi connectivity index (χ2v) is 4.75. The molecule has 6 heteroatoms. The molecule has 0 aliphatic carbocycles. The highest BCUT2D eigenvalue weighted by Crippen LogP contribution is 2.27. The molecule has 17 heavy (non-hydrogen) atoms. The van der Waals surface area contributed by atoms with E-state index in [9.17, 15) is 9.59 Å². The molecular weight excluding hydrogens is 265 g/mol.